The lowest BCUT2D eigenvalue weighted by Gasteiger charge is -2.22. The summed E-state index contributed by atoms with van der Waals surface area (Å²) in [6, 6.07) is 14.2. The molecule has 2 aromatic heterocycles. The van der Waals surface area contributed by atoms with E-state index in [-0.39, 0.29) is 5.43 Å². The predicted octanol–water partition coefficient (Wildman–Crippen LogP) is 4.62. The van der Waals surface area contributed by atoms with Crippen LogP contribution in [0.1, 0.15) is 30.2 Å². The van der Waals surface area contributed by atoms with Gasteiger partial charge < -0.3 is 0 Å². The number of rotatable bonds is 3. The summed E-state index contributed by atoms with van der Waals surface area (Å²) < 4.78 is 1.07. The fraction of sp³-hybridized carbons (Fsp3) is 0.273. The first-order valence-electron chi connectivity index (χ1n) is 9.66. The van der Waals surface area contributed by atoms with Crippen LogP contribution in [0.15, 0.2) is 47.3 Å². The molecule has 5 nitrogen and oxygen atoms in total. The van der Waals surface area contributed by atoms with Gasteiger partial charge in [-0.1, -0.05) is 37.6 Å². The minimum atomic E-state index is 0.227. The zero-order chi connectivity index (χ0) is 19.1. The van der Waals surface area contributed by atoms with Gasteiger partial charge in [-0.15, -0.1) is 21.5 Å². The van der Waals surface area contributed by atoms with E-state index < -0.39 is 0 Å². The van der Waals surface area contributed by atoms with Crippen molar-refractivity contribution >= 4 is 21.4 Å². The van der Waals surface area contributed by atoms with Gasteiger partial charge in [-0.3, -0.25) is 4.79 Å². The van der Waals surface area contributed by atoms with E-state index in [4.69, 9.17) is 0 Å². The molecule has 0 aliphatic heterocycles. The maximum absolute atomic E-state index is 13.0. The van der Waals surface area contributed by atoms with E-state index in [0.29, 0.717) is 11.7 Å². The standard InChI is InChI=1S/C22H20N4OS/c1-2-13-6-8-17-19(10-13)28-20-12-15(7-9-18(20)21(17)27)14-4-3-5-16(11-14)22-23-25-26-24-22/h3-5,7,9,11-13H,2,6,8,10H2,1H3,(H,23,24,25,26). The normalized spacial score (nSPS) is 16.2. The lowest BCUT2D eigenvalue weighted by molar-refractivity contribution is 0.448. The summed E-state index contributed by atoms with van der Waals surface area (Å²) in [5.74, 6) is 1.28. The molecular weight excluding hydrogens is 368 g/mol. The van der Waals surface area contributed by atoms with Crippen molar-refractivity contribution in [3.63, 3.8) is 0 Å². The van der Waals surface area contributed by atoms with E-state index in [1.54, 1.807) is 11.3 Å². The van der Waals surface area contributed by atoms with Gasteiger partial charge in [0.2, 0.25) is 5.82 Å². The van der Waals surface area contributed by atoms with Crippen molar-refractivity contribution in [1.82, 2.24) is 20.6 Å². The Labute approximate surface area is 166 Å². The minimum absolute atomic E-state index is 0.227. The quantitative estimate of drug-likeness (QED) is 0.556. The zero-order valence-electron chi connectivity index (χ0n) is 15.6. The summed E-state index contributed by atoms with van der Waals surface area (Å²) in [7, 11) is 0. The average Bonchev–Trinajstić information content (AvgIpc) is 3.28. The monoisotopic (exact) mass is 388 g/mol. The number of hydrogen-bond donors (Lipinski definition) is 1. The van der Waals surface area contributed by atoms with Gasteiger partial charge in [-0.25, -0.2) is 0 Å². The molecule has 0 saturated carbocycles. The van der Waals surface area contributed by atoms with Crippen LogP contribution in [-0.4, -0.2) is 20.6 Å². The number of tetrazole rings is 1. The molecule has 140 valence electrons. The van der Waals surface area contributed by atoms with Crippen LogP contribution in [-0.2, 0) is 12.8 Å². The fourth-order valence-corrected chi connectivity index (χ4v) is 5.42. The van der Waals surface area contributed by atoms with E-state index in [1.165, 1.54) is 11.3 Å². The van der Waals surface area contributed by atoms with Crippen molar-refractivity contribution in [2.45, 2.75) is 32.6 Å². The van der Waals surface area contributed by atoms with Crippen molar-refractivity contribution in [3.8, 4) is 22.5 Å². The van der Waals surface area contributed by atoms with Gasteiger partial charge in [-0.2, -0.15) is 5.21 Å². The largest absolute Gasteiger partial charge is 0.289 e. The van der Waals surface area contributed by atoms with Crippen LogP contribution in [0.25, 0.3) is 32.6 Å². The van der Waals surface area contributed by atoms with Crippen LogP contribution in [0.4, 0.5) is 0 Å². The Bertz CT molecular complexity index is 1210. The Morgan fingerprint density at radius 2 is 2.00 bits per heavy atom. The molecule has 1 atom stereocenters. The molecule has 1 unspecified atom stereocenters. The summed E-state index contributed by atoms with van der Waals surface area (Å²) in [6.07, 6.45) is 4.28. The molecule has 0 radical (unpaired) electrons. The van der Waals surface area contributed by atoms with Gasteiger partial charge in [0.15, 0.2) is 5.43 Å². The highest BCUT2D eigenvalue weighted by Gasteiger charge is 2.22. The maximum atomic E-state index is 13.0. The number of benzene rings is 2. The second kappa shape index (κ2) is 6.95. The molecule has 1 N–H and O–H groups in total. The Hall–Kier alpha value is -2.86. The van der Waals surface area contributed by atoms with Crippen molar-refractivity contribution in [1.29, 1.82) is 0 Å². The third kappa shape index (κ3) is 2.94. The third-order valence-corrected chi connectivity index (χ3v) is 6.94. The molecule has 28 heavy (non-hydrogen) atoms. The zero-order valence-corrected chi connectivity index (χ0v) is 16.4. The molecule has 6 heteroatoms. The first kappa shape index (κ1) is 17.3. The third-order valence-electron chi connectivity index (χ3n) is 5.72. The molecule has 1 aliphatic carbocycles. The van der Waals surface area contributed by atoms with Crippen molar-refractivity contribution < 1.29 is 0 Å². The number of H-pyrrole nitrogens is 1. The molecule has 0 amide bonds. The average molecular weight is 388 g/mol. The second-order valence-corrected chi connectivity index (χ2v) is 8.51. The molecule has 0 spiro atoms. The fourth-order valence-electron chi connectivity index (χ4n) is 4.06. The van der Waals surface area contributed by atoms with Crippen LogP contribution in [0.5, 0.6) is 0 Å². The van der Waals surface area contributed by atoms with E-state index in [1.807, 2.05) is 24.3 Å². The van der Waals surface area contributed by atoms with E-state index in [0.717, 1.165) is 51.6 Å². The summed E-state index contributed by atoms with van der Waals surface area (Å²) >= 11 is 1.79. The summed E-state index contributed by atoms with van der Waals surface area (Å²) in [4.78, 5) is 14.3. The molecule has 2 aromatic carbocycles. The SMILES string of the molecule is CCC1CCc2c(sc3cc(-c4cccc(-c5nn[nH]n5)c4)ccc3c2=O)C1. The van der Waals surface area contributed by atoms with Crippen LogP contribution < -0.4 is 5.43 Å². The van der Waals surface area contributed by atoms with Crippen molar-refractivity contribution in [2.75, 3.05) is 0 Å². The first-order chi connectivity index (χ1) is 13.7. The second-order valence-electron chi connectivity index (χ2n) is 7.38. The molecule has 5 rings (SSSR count). The number of hydrogen-bond acceptors (Lipinski definition) is 5. The van der Waals surface area contributed by atoms with E-state index in [9.17, 15) is 4.79 Å². The first-order valence-corrected chi connectivity index (χ1v) is 10.5. The molecule has 0 saturated heterocycles. The van der Waals surface area contributed by atoms with Crippen molar-refractivity contribution in [2.24, 2.45) is 5.92 Å². The lowest BCUT2D eigenvalue weighted by atomic mass is 9.86. The molecule has 0 bridgehead atoms. The smallest absolute Gasteiger partial charge is 0.204 e. The molecule has 4 aromatic rings. The van der Waals surface area contributed by atoms with Gasteiger partial charge in [-0.05, 0) is 59.7 Å². The van der Waals surface area contributed by atoms with Crippen LogP contribution in [0.2, 0.25) is 0 Å². The van der Waals surface area contributed by atoms with Gasteiger partial charge in [0.1, 0.15) is 0 Å². The Balaban J connectivity index is 1.61. The summed E-state index contributed by atoms with van der Waals surface area (Å²) in [5, 5.41) is 15.1. The van der Waals surface area contributed by atoms with Crippen LogP contribution in [0.3, 0.4) is 0 Å². The van der Waals surface area contributed by atoms with Crippen molar-refractivity contribution in [3.05, 3.63) is 63.1 Å². The molecular formula is C22H20N4OS. The lowest BCUT2D eigenvalue weighted by Crippen LogP contribution is -2.20. The molecule has 2 heterocycles. The predicted molar refractivity (Wildman–Crippen MR) is 113 cm³/mol. The highest BCUT2D eigenvalue weighted by molar-refractivity contribution is 7.18. The van der Waals surface area contributed by atoms with E-state index in [2.05, 4.69) is 45.7 Å². The summed E-state index contributed by atoms with van der Waals surface area (Å²) in [5.41, 5.74) is 4.36. The van der Waals surface area contributed by atoms with Crippen LogP contribution in [0, 0.1) is 5.92 Å². The number of aromatic nitrogens is 4. The highest BCUT2D eigenvalue weighted by Crippen LogP contribution is 2.34. The van der Waals surface area contributed by atoms with Gasteiger partial charge in [0.25, 0.3) is 0 Å². The highest BCUT2D eigenvalue weighted by atomic mass is 32.1. The number of fused-ring (bicyclic) bond motifs is 2. The topological polar surface area (TPSA) is 71.5 Å². The Morgan fingerprint density at radius 1 is 1.14 bits per heavy atom. The maximum Gasteiger partial charge on any atom is 0.204 e. The van der Waals surface area contributed by atoms with Crippen LogP contribution >= 0.6 is 11.3 Å². The molecule has 0 fully saturated rings. The number of aromatic amines is 1. The summed E-state index contributed by atoms with van der Waals surface area (Å²) in [6.45, 7) is 2.24. The number of nitrogens with one attached hydrogen (secondary N) is 1. The van der Waals surface area contributed by atoms with Gasteiger partial charge in [0.05, 0.1) is 0 Å². The Kier molecular flexibility index (Phi) is 4.28. The minimum Gasteiger partial charge on any atom is -0.289 e. The molecule has 1 aliphatic rings. The van der Waals surface area contributed by atoms with Gasteiger partial charge >= 0.3 is 0 Å². The number of nitrogens with zero attached hydrogens (tertiary/aromatic N) is 3. The Morgan fingerprint density at radius 3 is 2.82 bits per heavy atom. The van der Waals surface area contributed by atoms with E-state index >= 15 is 0 Å². The van der Waals surface area contributed by atoms with Gasteiger partial charge in [0, 0.05) is 26.1 Å².